The van der Waals surface area contributed by atoms with Crippen molar-refractivity contribution in [2.75, 3.05) is 19.6 Å². The summed E-state index contributed by atoms with van der Waals surface area (Å²) in [7, 11) is 0. The van der Waals surface area contributed by atoms with Crippen LogP contribution in [0.5, 0.6) is 0 Å². The molecular weight excluding hydrogens is 308 g/mol. The smallest absolute Gasteiger partial charge is 0.326 e. The van der Waals surface area contributed by atoms with E-state index >= 15 is 0 Å². The summed E-state index contributed by atoms with van der Waals surface area (Å²) in [5.74, 6) is -2.98. The number of carboxylic acid groups (broad SMARTS) is 1. The Hall–Kier alpha value is -2.95. The Bertz CT molecular complexity index is 558. The second-order valence-electron chi connectivity index (χ2n) is 4.50. The highest BCUT2D eigenvalue weighted by Crippen LogP contribution is 1.98. The molecule has 0 aliphatic carbocycles. The summed E-state index contributed by atoms with van der Waals surface area (Å²) in [6, 6.07) is -1.16. The molecule has 23 heavy (non-hydrogen) atoms. The number of aliphatic carboxylic acids is 1. The highest BCUT2D eigenvalue weighted by molar-refractivity contribution is 5.90. The fourth-order valence-corrected chi connectivity index (χ4v) is 1.55. The first-order valence-corrected chi connectivity index (χ1v) is 6.65. The van der Waals surface area contributed by atoms with Gasteiger partial charge in [-0.3, -0.25) is 14.4 Å². The summed E-state index contributed by atoms with van der Waals surface area (Å²) in [6.45, 7) is -0.981. The number of H-pyrrole nitrogens is 1. The molecule has 0 aliphatic rings. The Morgan fingerprint density at radius 2 is 1.83 bits per heavy atom. The van der Waals surface area contributed by atoms with Gasteiger partial charge in [-0.1, -0.05) is 0 Å². The lowest BCUT2D eigenvalue weighted by Crippen LogP contribution is -2.48. The maximum Gasteiger partial charge on any atom is 0.326 e. The second-order valence-corrected chi connectivity index (χ2v) is 4.50. The molecule has 7 N–H and O–H groups in total. The number of aromatic nitrogens is 2. The predicted octanol–water partition coefficient (Wildman–Crippen LogP) is -3.29. The molecule has 11 nitrogen and oxygen atoms in total. The second kappa shape index (κ2) is 9.15. The Labute approximate surface area is 131 Å². The van der Waals surface area contributed by atoms with Gasteiger partial charge in [0.1, 0.15) is 6.04 Å². The molecule has 1 aromatic heterocycles. The minimum atomic E-state index is -1.21. The molecule has 0 bridgehead atoms. The molecule has 1 unspecified atom stereocenters. The van der Waals surface area contributed by atoms with Crippen LogP contribution in [-0.2, 0) is 25.6 Å². The molecule has 1 aromatic rings. The van der Waals surface area contributed by atoms with Crippen molar-refractivity contribution in [1.82, 2.24) is 25.9 Å². The molecule has 126 valence electrons. The van der Waals surface area contributed by atoms with Crippen LogP contribution in [0.25, 0.3) is 0 Å². The van der Waals surface area contributed by atoms with Gasteiger partial charge in [-0.05, 0) is 0 Å². The largest absolute Gasteiger partial charge is 0.480 e. The fourth-order valence-electron chi connectivity index (χ4n) is 1.55. The van der Waals surface area contributed by atoms with Gasteiger partial charge in [-0.25, -0.2) is 9.78 Å². The van der Waals surface area contributed by atoms with E-state index in [1.807, 2.05) is 0 Å². The molecule has 0 saturated heterocycles. The summed E-state index contributed by atoms with van der Waals surface area (Å²) in [5, 5.41) is 15.8. The van der Waals surface area contributed by atoms with Crippen LogP contribution in [0, 0.1) is 0 Å². The van der Waals surface area contributed by atoms with Crippen LogP contribution in [0.4, 0.5) is 0 Å². The Kier molecular flexibility index (Phi) is 7.20. The van der Waals surface area contributed by atoms with Crippen molar-refractivity contribution in [2.24, 2.45) is 5.73 Å². The van der Waals surface area contributed by atoms with Gasteiger partial charge in [0.2, 0.25) is 17.7 Å². The summed E-state index contributed by atoms with van der Waals surface area (Å²) >= 11 is 0. The molecule has 0 aliphatic heterocycles. The maximum absolute atomic E-state index is 11.7. The van der Waals surface area contributed by atoms with E-state index in [0.29, 0.717) is 5.69 Å². The Morgan fingerprint density at radius 3 is 2.39 bits per heavy atom. The van der Waals surface area contributed by atoms with Crippen molar-refractivity contribution in [2.45, 2.75) is 12.5 Å². The van der Waals surface area contributed by atoms with Crippen LogP contribution in [0.1, 0.15) is 5.69 Å². The van der Waals surface area contributed by atoms with E-state index < -0.39 is 36.3 Å². The highest BCUT2D eigenvalue weighted by atomic mass is 16.4. The van der Waals surface area contributed by atoms with Gasteiger partial charge in [0.15, 0.2) is 0 Å². The van der Waals surface area contributed by atoms with Gasteiger partial charge < -0.3 is 31.8 Å². The quantitative estimate of drug-likeness (QED) is 0.275. The third-order valence-corrected chi connectivity index (χ3v) is 2.69. The number of nitrogens with two attached hydrogens (primary N) is 1. The minimum Gasteiger partial charge on any atom is -0.480 e. The van der Waals surface area contributed by atoms with Crippen LogP contribution >= 0.6 is 0 Å². The van der Waals surface area contributed by atoms with Crippen LogP contribution in [0.15, 0.2) is 12.5 Å². The van der Waals surface area contributed by atoms with Gasteiger partial charge in [0.25, 0.3) is 0 Å². The molecule has 0 radical (unpaired) electrons. The molecule has 0 fully saturated rings. The number of aromatic amines is 1. The van der Waals surface area contributed by atoms with E-state index in [0.717, 1.165) is 0 Å². The van der Waals surface area contributed by atoms with E-state index in [4.69, 9.17) is 10.8 Å². The number of amides is 3. The maximum atomic E-state index is 11.7. The van der Waals surface area contributed by atoms with E-state index in [1.54, 1.807) is 0 Å². The Morgan fingerprint density at radius 1 is 1.17 bits per heavy atom. The third-order valence-electron chi connectivity index (χ3n) is 2.69. The first-order chi connectivity index (χ1) is 10.9. The van der Waals surface area contributed by atoms with E-state index in [-0.39, 0.29) is 19.5 Å². The van der Waals surface area contributed by atoms with Crippen molar-refractivity contribution in [1.29, 1.82) is 0 Å². The van der Waals surface area contributed by atoms with Crippen LogP contribution < -0.4 is 21.7 Å². The van der Waals surface area contributed by atoms with Crippen LogP contribution in [0.3, 0.4) is 0 Å². The average molecular weight is 326 g/mol. The zero-order valence-electron chi connectivity index (χ0n) is 12.2. The lowest BCUT2D eigenvalue weighted by molar-refractivity contribution is -0.141. The topological polar surface area (TPSA) is 179 Å². The number of hydrogen-bond donors (Lipinski definition) is 6. The zero-order valence-corrected chi connectivity index (χ0v) is 12.2. The third kappa shape index (κ3) is 7.04. The molecule has 3 amide bonds. The molecule has 0 aromatic carbocycles. The monoisotopic (exact) mass is 326 g/mol. The predicted molar refractivity (Wildman–Crippen MR) is 76.9 cm³/mol. The number of carbonyl (C=O) groups excluding carboxylic acids is 3. The number of nitrogens with one attached hydrogen (secondary N) is 4. The average Bonchev–Trinajstić information content (AvgIpc) is 3.02. The number of hydrogen-bond acceptors (Lipinski definition) is 6. The molecule has 1 rings (SSSR count). The molecule has 1 heterocycles. The van der Waals surface area contributed by atoms with Crippen molar-refractivity contribution < 1.29 is 24.3 Å². The van der Waals surface area contributed by atoms with Gasteiger partial charge in [-0.15, -0.1) is 0 Å². The van der Waals surface area contributed by atoms with Gasteiger partial charge in [0.05, 0.1) is 26.0 Å². The lowest BCUT2D eigenvalue weighted by atomic mass is 10.1. The summed E-state index contributed by atoms with van der Waals surface area (Å²) in [6.07, 6.45) is 2.87. The lowest BCUT2D eigenvalue weighted by Gasteiger charge is -2.14. The van der Waals surface area contributed by atoms with Crippen molar-refractivity contribution in [3.63, 3.8) is 0 Å². The summed E-state index contributed by atoms with van der Waals surface area (Å²) < 4.78 is 0. The summed E-state index contributed by atoms with van der Waals surface area (Å²) in [5.41, 5.74) is 5.60. The zero-order chi connectivity index (χ0) is 17.2. The molecule has 1 atom stereocenters. The van der Waals surface area contributed by atoms with Crippen LogP contribution in [0.2, 0.25) is 0 Å². The standard InChI is InChI=1S/C12H18N6O5/c13-2-9(19)15-4-10(20)16-5-11(21)18-8(12(22)23)1-7-3-14-6-17-7/h3,6,8H,1-2,4-5,13H2,(H,14,17)(H,15,19)(H,16,20)(H,18,21)(H,22,23). The Balaban J connectivity index is 2.36. The normalized spacial score (nSPS) is 11.3. The van der Waals surface area contributed by atoms with E-state index in [1.165, 1.54) is 12.5 Å². The first-order valence-electron chi connectivity index (χ1n) is 6.65. The molecule has 0 spiro atoms. The fraction of sp³-hybridized carbons (Fsp3) is 0.417. The number of carboxylic acids is 1. The summed E-state index contributed by atoms with van der Waals surface area (Å²) in [4.78, 5) is 51.5. The van der Waals surface area contributed by atoms with Crippen LogP contribution in [-0.4, -0.2) is 64.4 Å². The van der Waals surface area contributed by atoms with E-state index in [9.17, 15) is 19.2 Å². The van der Waals surface area contributed by atoms with Crippen molar-refractivity contribution in [3.8, 4) is 0 Å². The van der Waals surface area contributed by atoms with Gasteiger partial charge >= 0.3 is 5.97 Å². The van der Waals surface area contributed by atoms with Gasteiger partial charge in [0, 0.05) is 18.3 Å². The molecule has 11 heteroatoms. The van der Waals surface area contributed by atoms with Gasteiger partial charge in [-0.2, -0.15) is 0 Å². The highest BCUT2D eigenvalue weighted by Gasteiger charge is 2.21. The molecule has 0 saturated carbocycles. The number of nitrogens with zero attached hydrogens (tertiary/aromatic N) is 1. The SMILES string of the molecule is NCC(=O)NCC(=O)NCC(=O)NC(Cc1cnc[nH]1)C(=O)O. The number of imidazole rings is 1. The molecular formula is C12H18N6O5. The van der Waals surface area contributed by atoms with Crippen molar-refractivity contribution >= 4 is 23.7 Å². The first kappa shape index (κ1) is 18.1. The minimum absolute atomic E-state index is 0.0293. The number of rotatable bonds is 9. The number of carbonyl (C=O) groups is 4. The van der Waals surface area contributed by atoms with Crippen molar-refractivity contribution in [3.05, 3.63) is 18.2 Å². The van der Waals surface area contributed by atoms with E-state index in [2.05, 4.69) is 25.9 Å².